The number of nitrogens with zero attached hydrogens (tertiary/aromatic N) is 1. The number of benzene rings is 1. The first-order valence-electron chi connectivity index (χ1n) is 6.52. The molecule has 0 aliphatic rings. The van der Waals surface area contributed by atoms with E-state index >= 15 is 0 Å². The van der Waals surface area contributed by atoms with Gasteiger partial charge in [0.05, 0.1) is 11.0 Å². The van der Waals surface area contributed by atoms with Crippen LogP contribution in [0.25, 0.3) is 0 Å². The van der Waals surface area contributed by atoms with Gasteiger partial charge in [0.25, 0.3) is 5.69 Å². The van der Waals surface area contributed by atoms with E-state index in [0.29, 0.717) is 6.42 Å². The maximum Gasteiger partial charge on any atom is 0.320 e. The SMILES string of the molecule is CCC(C)OC(=O)C(Cc1ccccc1[N+](=O)[O-])C(=O)O. The molecule has 1 aromatic rings. The Labute approximate surface area is 121 Å². The van der Waals surface area contributed by atoms with Gasteiger partial charge in [0.2, 0.25) is 0 Å². The molecular weight excluding hydrogens is 278 g/mol. The van der Waals surface area contributed by atoms with Gasteiger partial charge in [-0.1, -0.05) is 25.1 Å². The lowest BCUT2D eigenvalue weighted by Gasteiger charge is -2.15. The van der Waals surface area contributed by atoms with Crippen molar-refractivity contribution >= 4 is 17.6 Å². The van der Waals surface area contributed by atoms with Crippen molar-refractivity contribution in [3.63, 3.8) is 0 Å². The van der Waals surface area contributed by atoms with Crippen molar-refractivity contribution in [2.45, 2.75) is 32.8 Å². The van der Waals surface area contributed by atoms with Crippen LogP contribution in [0.2, 0.25) is 0 Å². The summed E-state index contributed by atoms with van der Waals surface area (Å²) in [5.41, 5.74) is -0.0175. The fourth-order valence-corrected chi connectivity index (χ4v) is 1.72. The number of carbonyl (C=O) groups excluding carboxylic acids is 1. The van der Waals surface area contributed by atoms with Gasteiger partial charge in [-0.25, -0.2) is 0 Å². The molecule has 0 saturated carbocycles. The number of aliphatic carboxylic acids is 1. The standard InChI is InChI=1S/C14H17NO6/c1-3-9(2)21-14(18)11(13(16)17)8-10-6-4-5-7-12(10)15(19)20/h4-7,9,11H,3,8H2,1-2H3,(H,16,17). The lowest BCUT2D eigenvalue weighted by atomic mass is 9.98. The normalized spacial score (nSPS) is 13.2. The van der Waals surface area contributed by atoms with Crippen LogP contribution in [0, 0.1) is 16.0 Å². The number of carbonyl (C=O) groups is 2. The second kappa shape index (κ2) is 7.37. The van der Waals surface area contributed by atoms with Gasteiger partial charge < -0.3 is 9.84 Å². The minimum atomic E-state index is -1.46. The fourth-order valence-electron chi connectivity index (χ4n) is 1.72. The predicted molar refractivity (Wildman–Crippen MR) is 73.8 cm³/mol. The van der Waals surface area contributed by atoms with Crippen LogP contribution in [0.15, 0.2) is 24.3 Å². The summed E-state index contributed by atoms with van der Waals surface area (Å²) in [5, 5.41) is 20.1. The Morgan fingerprint density at radius 2 is 2.00 bits per heavy atom. The van der Waals surface area contributed by atoms with Gasteiger partial charge >= 0.3 is 11.9 Å². The summed E-state index contributed by atoms with van der Waals surface area (Å²) in [6, 6.07) is 5.75. The molecule has 0 bridgehead atoms. The lowest BCUT2D eigenvalue weighted by Crippen LogP contribution is -2.30. The van der Waals surface area contributed by atoms with Crippen molar-refractivity contribution in [1.29, 1.82) is 0 Å². The Kier molecular flexibility index (Phi) is 5.83. The number of hydrogen-bond acceptors (Lipinski definition) is 5. The van der Waals surface area contributed by atoms with Gasteiger partial charge in [-0.05, 0) is 13.3 Å². The maximum atomic E-state index is 11.9. The molecule has 0 heterocycles. The average molecular weight is 295 g/mol. The Hall–Kier alpha value is -2.44. The van der Waals surface area contributed by atoms with E-state index in [1.807, 2.05) is 0 Å². The summed E-state index contributed by atoms with van der Waals surface area (Å²) in [6.45, 7) is 3.46. The molecule has 0 saturated heterocycles. The van der Waals surface area contributed by atoms with Gasteiger partial charge in [-0.3, -0.25) is 19.7 Å². The van der Waals surface area contributed by atoms with Crippen LogP contribution in [-0.4, -0.2) is 28.1 Å². The van der Waals surface area contributed by atoms with Gasteiger partial charge in [-0.15, -0.1) is 0 Å². The second-order valence-corrected chi connectivity index (χ2v) is 4.64. The smallest absolute Gasteiger partial charge is 0.320 e. The molecule has 1 rings (SSSR count). The molecule has 0 amide bonds. The number of rotatable bonds is 7. The zero-order valence-electron chi connectivity index (χ0n) is 11.8. The monoisotopic (exact) mass is 295 g/mol. The average Bonchev–Trinajstić information content (AvgIpc) is 2.44. The fraction of sp³-hybridized carbons (Fsp3) is 0.429. The zero-order chi connectivity index (χ0) is 16.0. The highest BCUT2D eigenvalue weighted by Crippen LogP contribution is 2.22. The van der Waals surface area contributed by atoms with Crippen LogP contribution in [-0.2, 0) is 20.7 Å². The molecule has 2 atom stereocenters. The highest BCUT2D eigenvalue weighted by molar-refractivity contribution is 5.94. The summed E-state index contributed by atoms with van der Waals surface area (Å²) in [5.74, 6) is -3.70. The van der Waals surface area contributed by atoms with Crippen molar-refractivity contribution < 1.29 is 24.4 Å². The molecule has 0 fully saturated rings. The van der Waals surface area contributed by atoms with E-state index in [-0.39, 0.29) is 17.7 Å². The van der Waals surface area contributed by atoms with Crippen molar-refractivity contribution in [2.75, 3.05) is 0 Å². The molecular formula is C14H17NO6. The Balaban J connectivity index is 2.97. The van der Waals surface area contributed by atoms with Gasteiger partial charge in [0, 0.05) is 18.1 Å². The highest BCUT2D eigenvalue weighted by atomic mass is 16.6. The van der Waals surface area contributed by atoms with E-state index in [0.717, 1.165) is 0 Å². The van der Waals surface area contributed by atoms with Crippen LogP contribution in [0.5, 0.6) is 0 Å². The molecule has 7 heteroatoms. The van der Waals surface area contributed by atoms with Crippen molar-refractivity contribution in [1.82, 2.24) is 0 Å². The molecule has 1 aromatic carbocycles. The minimum absolute atomic E-state index is 0.191. The first kappa shape index (κ1) is 16.6. The van der Waals surface area contributed by atoms with E-state index in [1.165, 1.54) is 18.2 Å². The molecule has 0 aliphatic heterocycles. The molecule has 0 spiro atoms. The van der Waals surface area contributed by atoms with Gasteiger partial charge in [-0.2, -0.15) is 0 Å². The number of esters is 1. The molecule has 114 valence electrons. The van der Waals surface area contributed by atoms with Crippen molar-refractivity contribution in [3.8, 4) is 0 Å². The Morgan fingerprint density at radius 1 is 1.38 bits per heavy atom. The molecule has 1 N–H and O–H groups in total. The van der Waals surface area contributed by atoms with Crippen LogP contribution in [0.3, 0.4) is 0 Å². The maximum absolute atomic E-state index is 11.9. The second-order valence-electron chi connectivity index (χ2n) is 4.64. The van der Waals surface area contributed by atoms with E-state index in [9.17, 15) is 19.7 Å². The third kappa shape index (κ3) is 4.55. The third-order valence-electron chi connectivity index (χ3n) is 3.09. The Morgan fingerprint density at radius 3 is 2.52 bits per heavy atom. The summed E-state index contributed by atoms with van der Waals surface area (Å²) < 4.78 is 5.01. The summed E-state index contributed by atoms with van der Waals surface area (Å²) in [6.07, 6.45) is -0.115. The van der Waals surface area contributed by atoms with Crippen LogP contribution < -0.4 is 0 Å². The number of carboxylic acids is 1. The molecule has 21 heavy (non-hydrogen) atoms. The predicted octanol–water partition coefficient (Wildman–Crippen LogP) is 2.18. The number of para-hydroxylation sites is 1. The van der Waals surface area contributed by atoms with Crippen LogP contribution in [0.1, 0.15) is 25.8 Å². The van der Waals surface area contributed by atoms with E-state index in [1.54, 1.807) is 19.9 Å². The quantitative estimate of drug-likeness (QED) is 0.357. The number of ether oxygens (including phenoxy) is 1. The third-order valence-corrected chi connectivity index (χ3v) is 3.09. The van der Waals surface area contributed by atoms with Gasteiger partial charge in [0.1, 0.15) is 0 Å². The summed E-state index contributed by atoms with van der Waals surface area (Å²) in [4.78, 5) is 33.4. The van der Waals surface area contributed by atoms with E-state index < -0.39 is 28.9 Å². The van der Waals surface area contributed by atoms with E-state index in [4.69, 9.17) is 9.84 Å². The van der Waals surface area contributed by atoms with Crippen molar-refractivity contribution in [3.05, 3.63) is 39.9 Å². The minimum Gasteiger partial charge on any atom is -0.481 e. The molecule has 0 radical (unpaired) electrons. The topological polar surface area (TPSA) is 107 Å². The van der Waals surface area contributed by atoms with E-state index in [2.05, 4.69) is 0 Å². The summed E-state index contributed by atoms with van der Waals surface area (Å²) >= 11 is 0. The largest absolute Gasteiger partial charge is 0.481 e. The van der Waals surface area contributed by atoms with Crippen LogP contribution >= 0.6 is 0 Å². The highest BCUT2D eigenvalue weighted by Gasteiger charge is 2.31. The molecule has 0 aromatic heterocycles. The zero-order valence-corrected chi connectivity index (χ0v) is 11.8. The number of hydrogen-bond donors (Lipinski definition) is 1. The van der Waals surface area contributed by atoms with Crippen molar-refractivity contribution in [2.24, 2.45) is 5.92 Å². The van der Waals surface area contributed by atoms with Gasteiger partial charge in [0.15, 0.2) is 5.92 Å². The first-order chi connectivity index (χ1) is 9.86. The Bertz CT molecular complexity index is 542. The first-order valence-corrected chi connectivity index (χ1v) is 6.52. The number of carboxylic acid groups (broad SMARTS) is 1. The summed E-state index contributed by atoms with van der Waals surface area (Å²) in [7, 11) is 0. The number of nitro benzene ring substituents is 1. The molecule has 7 nitrogen and oxygen atoms in total. The lowest BCUT2D eigenvalue weighted by molar-refractivity contribution is -0.385. The molecule has 0 aliphatic carbocycles. The molecule has 2 unspecified atom stereocenters. The van der Waals surface area contributed by atoms with Crippen LogP contribution in [0.4, 0.5) is 5.69 Å². The number of nitro groups is 1.